The van der Waals surface area contributed by atoms with Crippen molar-refractivity contribution in [2.75, 3.05) is 19.0 Å². The fourth-order valence-corrected chi connectivity index (χ4v) is 1.41. The van der Waals surface area contributed by atoms with Crippen LogP contribution in [0.2, 0.25) is 0 Å². The smallest absolute Gasteiger partial charge is 0.131 e. The summed E-state index contributed by atoms with van der Waals surface area (Å²) in [6, 6.07) is 0. The van der Waals surface area contributed by atoms with Crippen molar-refractivity contribution in [1.29, 1.82) is 0 Å². The van der Waals surface area contributed by atoms with Gasteiger partial charge in [-0.1, -0.05) is 6.58 Å². The highest BCUT2D eigenvalue weighted by atomic mass is 35.5. The summed E-state index contributed by atoms with van der Waals surface area (Å²) in [5.74, 6) is 2.28. The summed E-state index contributed by atoms with van der Waals surface area (Å²) < 4.78 is 0. The van der Waals surface area contributed by atoms with Crippen LogP contribution < -0.4 is 0 Å². The lowest BCUT2D eigenvalue weighted by Crippen LogP contribution is -2.33. The molecule has 3 nitrogen and oxygen atoms in total. The SMILES string of the molecule is C=CN=C1CN=C(CCl)N1CC. The largest absolute Gasteiger partial charge is 0.316 e. The minimum Gasteiger partial charge on any atom is -0.316 e. The van der Waals surface area contributed by atoms with Gasteiger partial charge in [-0.2, -0.15) is 0 Å². The first-order valence-electron chi connectivity index (χ1n) is 3.87. The Bertz CT molecular complexity index is 232. The third-order valence-electron chi connectivity index (χ3n) is 1.70. The van der Waals surface area contributed by atoms with Crippen LogP contribution in [0.4, 0.5) is 0 Å². The molecule has 0 N–H and O–H groups in total. The molecule has 0 aromatic carbocycles. The third-order valence-corrected chi connectivity index (χ3v) is 1.94. The molecule has 1 aliphatic heterocycles. The molecular formula is C8H12ClN3. The summed E-state index contributed by atoms with van der Waals surface area (Å²) in [5.41, 5.74) is 0. The van der Waals surface area contributed by atoms with E-state index < -0.39 is 0 Å². The van der Waals surface area contributed by atoms with Crippen LogP contribution in [0.25, 0.3) is 0 Å². The summed E-state index contributed by atoms with van der Waals surface area (Å²) in [7, 11) is 0. The van der Waals surface area contributed by atoms with Crippen molar-refractivity contribution in [3.8, 4) is 0 Å². The van der Waals surface area contributed by atoms with Crippen LogP contribution in [0.3, 0.4) is 0 Å². The van der Waals surface area contributed by atoms with Crippen LogP contribution in [0, 0.1) is 0 Å². The van der Waals surface area contributed by atoms with Crippen LogP contribution >= 0.6 is 11.6 Å². The van der Waals surface area contributed by atoms with Gasteiger partial charge in [0.1, 0.15) is 11.7 Å². The molecule has 0 saturated carbocycles. The van der Waals surface area contributed by atoms with Crippen molar-refractivity contribution in [3.05, 3.63) is 12.8 Å². The van der Waals surface area contributed by atoms with E-state index in [1.807, 2.05) is 11.8 Å². The zero-order chi connectivity index (χ0) is 8.97. The van der Waals surface area contributed by atoms with Gasteiger partial charge in [-0.25, -0.2) is 4.99 Å². The summed E-state index contributed by atoms with van der Waals surface area (Å²) >= 11 is 5.69. The zero-order valence-electron chi connectivity index (χ0n) is 7.13. The number of nitrogens with zero attached hydrogens (tertiary/aromatic N) is 3. The number of halogens is 1. The zero-order valence-corrected chi connectivity index (χ0v) is 7.88. The van der Waals surface area contributed by atoms with Gasteiger partial charge in [-0.15, -0.1) is 11.6 Å². The first kappa shape index (κ1) is 9.26. The molecule has 0 saturated heterocycles. The molecule has 1 heterocycles. The number of hydrogen-bond acceptors (Lipinski definition) is 2. The highest BCUT2D eigenvalue weighted by Crippen LogP contribution is 2.06. The van der Waals surface area contributed by atoms with Gasteiger partial charge in [0.05, 0.1) is 12.4 Å². The topological polar surface area (TPSA) is 28.0 Å². The Morgan fingerprint density at radius 2 is 2.58 bits per heavy atom. The molecule has 0 aromatic heterocycles. The van der Waals surface area contributed by atoms with Crippen LogP contribution in [0.5, 0.6) is 0 Å². The van der Waals surface area contributed by atoms with Gasteiger partial charge in [0.25, 0.3) is 0 Å². The molecule has 0 radical (unpaired) electrons. The van der Waals surface area contributed by atoms with Gasteiger partial charge in [0.2, 0.25) is 0 Å². The molecule has 0 amide bonds. The maximum atomic E-state index is 5.69. The van der Waals surface area contributed by atoms with Gasteiger partial charge >= 0.3 is 0 Å². The van der Waals surface area contributed by atoms with Gasteiger partial charge in [-0.05, 0) is 6.92 Å². The van der Waals surface area contributed by atoms with E-state index in [0.717, 1.165) is 18.2 Å². The molecule has 0 aromatic rings. The van der Waals surface area contributed by atoms with Crippen molar-refractivity contribution in [2.24, 2.45) is 9.98 Å². The molecule has 1 rings (SSSR count). The summed E-state index contributed by atoms with van der Waals surface area (Å²) in [5, 5.41) is 0. The Balaban J connectivity index is 2.76. The fourth-order valence-electron chi connectivity index (χ4n) is 1.18. The molecule has 0 aliphatic carbocycles. The molecule has 1 aliphatic rings. The Hall–Kier alpha value is -0.830. The quantitative estimate of drug-likeness (QED) is 0.613. The molecule has 4 heteroatoms. The van der Waals surface area contributed by atoms with Gasteiger partial charge < -0.3 is 4.90 Å². The molecule has 66 valence electrons. The van der Waals surface area contributed by atoms with Crippen LogP contribution in [-0.4, -0.2) is 35.5 Å². The number of amidine groups is 2. The van der Waals surface area contributed by atoms with Crippen molar-refractivity contribution in [2.45, 2.75) is 6.92 Å². The maximum Gasteiger partial charge on any atom is 0.131 e. The maximum absolute atomic E-state index is 5.69. The van der Waals surface area contributed by atoms with E-state index in [1.165, 1.54) is 6.20 Å². The average molecular weight is 186 g/mol. The molecule has 0 unspecified atom stereocenters. The second-order valence-corrected chi connectivity index (χ2v) is 2.61. The van der Waals surface area contributed by atoms with E-state index in [9.17, 15) is 0 Å². The van der Waals surface area contributed by atoms with Crippen molar-refractivity contribution >= 4 is 23.3 Å². The molecule has 0 fully saturated rings. The van der Waals surface area contributed by atoms with E-state index in [0.29, 0.717) is 12.4 Å². The molecular weight excluding hydrogens is 174 g/mol. The van der Waals surface area contributed by atoms with E-state index in [1.54, 1.807) is 0 Å². The first-order chi connectivity index (χ1) is 5.83. The Morgan fingerprint density at radius 1 is 1.83 bits per heavy atom. The summed E-state index contributed by atoms with van der Waals surface area (Å²) in [6.07, 6.45) is 1.53. The fraction of sp³-hybridized carbons (Fsp3) is 0.500. The monoisotopic (exact) mass is 185 g/mol. The second kappa shape index (κ2) is 4.26. The summed E-state index contributed by atoms with van der Waals surface area (Å²) in [6.45, 7) is 7.08. The first-order valence-corrected chi connectivity index (χ1v) is 4.41. The van der Waals surface area contributed by atoms with Crippen LogP contribution in [0.15, 0.2) is 22.8 Å². The predicted octanol–water partition coefficient (Wildman–Crippen LogP) is 1.50. The Labute approximate surface area is 77.5 Å². The van der Waals surface area contributed by atoms with Crippen LogP contribution in [-0.2, 0) is 0 Å². The molecule has 0 bridgehead atoms. The lowest BCUT2D eigenvalue weighted by Gasteiger charge is -2.16. The number of likely N-dealkylation sites (N-methyl/N-ethyl adjacent to an activating group) is 1. The molecule has 0 spiro atoms. The predicted molar refractivity (Wildman–Crippen MR) is 53.0 cm³/mol. The van der Waals surface area contributed by atoms with E-state index in [-0.39, 0.29) is 0 Å². The minimum absolute atomic E-state index is 0.448. The highest BCUT2D eigenvalue weighted by molar-refractivity contribution is 6.30. The Morgan fingerprint density at radius 3 is 3.08 bits per heavy atom. The van der Waals surface area contributed by atoms with Crippen LogP contribution in [0.1, 0.15) is 6.92 Å². The van der Waals surface area contributed by atoms with E-state index in [4.69, 9.17) is 11.6 Å². The highest BCUT2D eigenvalue weighted by Gasteiger charge is 2.19. The van der Waals surface area contributed by atoms with Crippen molar-refractivity contribution in [1.82, 2.24) is 4.90 Å². The number of aliphatic imine (C=N–C) groups is 2. The summed E-state index contributed by atoms with van der Waals surface area (Å²) in [4.78, 5) is 10.4. The normalized spacial score (nSPS) is 20.0. The lowest BCUT2D eigenvalue weighted by atomic mass is 10.5. The number of rotatable bonds is 3. The number of alkyl halides is 1. The van der Waals surface area contributed by atoms with Gasteiger partial charge in [0.15, 0.2) is 0 Å². The minimum atomic E-state index is 0.448. The van der Waals surface area contributed by atoms with E-state index in [2.05, 4.69) is 16.6 Å². The standard InChI is InChI=1S/C8H12ClN3/c1-3-10-8-6-11-7(5-9)12(8)4-2/h3H,1,4-6H2,2H3. The average Bonchev–Trinajstić information content (AvgIpc) is 2.47. The molecule has 12 heavy (non-hydrogen) atoms. The van der Waals surface area contributed by atoms with Crippen molar-refractivity contribution < 1.29 is 0 Å². The molecule has 0 atom stereocenters. The van der Waals surface area contributed by atoms with Gasteiger partial charge in [0, 0.05) is 12.7 Å². The number of hydrogen-bond donors (Lipinski definition) is 0. The van der Waals surface area contributed by atoms with E-state index >= 15 is 0 Å². The third kappa shape index (κ3) is 1.67. The second-order valence-electron chi connectivity index (χ2n) is 2.34. The van der Waals surface area contributed by atoms with Crippen molar-refractivity contribution in [3.63, 3.8) is 0 Å². The Kier molecular flexibility index (Phi) is 3.29. The van der Waals surface area contributed by atoms with Gasteiger partial charge in [-0.3, -0.25) is 4.99 Å². The lowest BCUT2D eigenvalue weighted by molar-refractivity contribution is 0.652.